The van der Waals surface area contributed by atoms with Gasteiger partial charge in [0.2, 0.25) is 11.8 Å². The van der Waals surface area contributed by atoms with Crippen molar-refractivity contribution in [2.24, 2.45) is 5.92 Å². The van der Waals surface area contributed by atoms with Gasteiger partial charge in [-0.15, -0.1) is 0 Å². The Morgan fingerprint density at radius 1 is 0.968 bits per heavy atom. The van der Waals surface area contributed by atoms with Crippen LogP contribution < -0.4 is 5.43 Å². The summed E-state index contributed by atoms with van der Waals surface area (Å²) in [5.74, 6) is 0.659. The van der Waals surface area contributed by atoms with Gasteiger partial charge in [-0.05, 0) is 65.6 Å². The topological polar surface area (TPSA) is 62.4 Å². The van der Waals surface area contributed by atoms with Gasteiger partial charge in [-0.3, -0.25) is 19.9 Å². The van der Waals surface area contributed by atoms with E-state index in [-0.39, 0.29) is 23.9 Å². The number of hydrogen-bond donors (Lipinski definition) is 1. The Kier molecular flexibility index (Phi) is 6.25. The van der Waals surface area contributed by atoms with Crippen LogP contribution in [0.2, 0.25) is 0 Å². The molecular weight excluding hydrogens is 392 g/mol. The van der Waals surface area contributed by atoms with Gasteiger partial charge >= 0.3 is 0 Å². The highest BCUT2D eigenvalue weighted by molar-refractivity contribution is 5.84. The van der Waals surface area contributed by atoms with Crippen LogP contribution in [-0.4, -0.2) is 120 Å². The molecule has 0 aromatic rings. The van der Waals surface area contributed by atoms with Crippen LogP contribution in [0.25, 0.3) is 0 Å². The Balaban J connectivity index is 1.18. The minimum Gasteiger partial charge on any atom is -0.340 e. The van der Waals surface area contributed by atoms with E-state index in [1.807, 2.05) is 0 Å². The molecule has 4 unspecified atom stereocenters. The summed E-state index contributed by atoms with van der Waals surface area (Å²) in [4.78, 5) is 35.7. The lowest BCUT2D eigenvalue weighted by molar-refractivity contribution is -0.157. The van der Waals surface area contributed by atoms with Gasteiger partial charge in [0.1, 0.15) is 6.04 Å². The van der Waals surface area contributed by atoms with E-state index in [1.165, 1.54) is 25.9 Å². The van der Waals surface area contributed by atoms with E-state index in [1.54, 1.807) is 0 Å². The summed E-state index contributed by atoms with van der Waals surface area (Å²) in [6.07, 6.45) is 6.19. The molecule has 8 heteroatoms. The average molecular weight is 433 g/mol. The Morgan fingerprint density at radius 2 is 1.71 bits per heavy atom. The molecule has 0 bridgehead atoms. The molecule has 1 saturated carbocycles. The number of piperazine rings is 2. The second-order valence-corrected chi connectivity index (χ2v) is 10.3. The number of nitrogens with zero attached hydrogens (tertiary/aromatic N) is 5. The number of nitrogens with one attached hydrogen (secondary N) is 1. The number of rotatable bonds is 3. The molecule has 5 fully saturated rings. The molecule has 4 aliphatic heterocycles. The standard InChI is InChI=1S/C23H40N6O2/c1-3-28-21-16-17(4-5-19(21)29-20(23(28)31)6-9-24-29)22(30)27-14-12-26(13-15-27)18-7-10-25(2)11-8-18/h17-21,24H,3-16H2,1-2H3. The molecule has 0 spiro atoms. The Hall–Kier alpha value is -1.22. The van der Waals surface area contributed by atoms with Gasteiger partial charge in [0.15, 0.2) is 0 Å². The summed E-state index contributed by atoms with van der Waals surface area (Å²) in [5, 5.41) is 2.24. The molecule has 4 saturated heterocycles. The molecule has 2 amide bonds. The molecule has 0 aromatic carbocycles. The number of piperidine rings is 1. The Labute approximate surface area is 186 Å². The molecule has 5 aliphatic rings. The summed E-state index contributed by atoms with van der Waals surface area (Å²) >= 11 is 0. The lowest BCUT2D eigenvalue weighted by atomic mass is 9.78. The third kappa shape index (κ3) is 4.01. The molecule has 174 valence electrons. The van der Waals surface area contributed by atoms with E-state index in [4.69, 9.17) is 0 Å². The van der Waals surface area contributed by atoms with Crippen LogP contribution in [0.3, 0.4) is 0 Å². The van der Waals surface area contributed by atoms with Crippen LogP contribution in [0.4, 0.5) is 0 Å². The fraction of sp³-hybridized carbons (Fsp3) is 0.913. The summed E-state index contributed by atoms with van der Waals surface area (Å²) in [5.41, 5.74) is 3.46. The lowest BCUT2D eigenvalue weighted by Crippen LogP contribution is -2.68. The summed E-state index contributed by atoms with van der Waals surface area (Å²) in [6, 6.07) is 1.22. The first-order valence-corrected chi connectivity index (χ1v) is 12.6. The highest BCUT2D eigenvalue weighted by Gasteiger charge is 2.51. The second kappa shape index (κ2) is 8.96. The molecule has 8 nitrogen and oxygen atoms in total. The van der Waals surface area contributed by atoms with Crippen molar-refractivity contribution in [1.29, 1.82) is 0 Å². The predicted octanol–water partition coefficient (Wildman–Crippen LogP) is 0.203. The van der Waals surface area contributed by atoms with Gasteiger partial charge in [0, 0.05) is 63.3 Å². The summed E-state index contributed by atoms with van der Waals surface area (Å²) < 4.78 is 0. The number of carbonyl (C=O) groups is 2. The molecule has 31 heavy (non-hydrogen) atoms. The minimum absolute atomic E-state index is 0.00102. The van der Waals surface area contributed by atoms with Gasteiger partial charge in [-0.25, -0.2) is 5.01 Å². The SMILES string of the molecule is CCN1C(=O)C2CCNN2C2CCC(C(=O)N3CCN(C4CCN(C)CC4)CC3)CC21. The van der Waals surface area contributed by atoms with Crippen LogP contribution >= 0.6 is 0 Å². The van der Waals surface area contributed by atoms with Gasteiger partial charge in [0.05, 0.1) is 0 Å². The largest absolute Gasteiger partial charge is 0.340 e. The Bertz CT molecular complexity index is 673. The predicted molar refractivity (Wildman–Crippen MR) is 119 cm³/mol. The van der Waals surface area contributed by atoms with Crippen molar-refractivity contribution >= 4 is 11.8 Å². The molecule has 0 aromatic heterocycles. The molecule has 1 N–H and O–H groups in total. The normalized spacial score (nSPS) is 36.5. The van der Waals surface area contributed by atoms with Crippen molar-refractivity contribution in [3.05, 3.63) is 0 Å². The first-order chi connectivity index (χ1) is 15.1. The highest BCUT2D eigenvalue weighted by atomic mass is 16.2. The monoisotopic (exact) mass is 432 g/mol. The van der Waals surface area contributed by atoms with E-state index in [0.717, 1.165) is 65.0 Å². The molecule has 4 heterocycles. The van der Waals surface area contributed by atoms with Gasteiger partial charge in [-0.2, -0.15) is 0 Å². The van der Waals surface area contributed by atoms with Gasteiger partial charge in [0.25, 0.3) is 0 Å². The number of amides is 2. The third-order valence-corrected chi connectivity index (χ3v) is 8.68. The number of likely N-dealkylation sites (tertiary alicyclic amines) is 1. The van der Waals surface area contributed by atoms with E-state index in [0.29, 0.717) is 18.0 Å². The van der Waals surface area contributed by atoms with Crippen molar-refractivity contribution < 1.29 is 9.59 Å². The van der Waals surface area contributed by atoms with E-state index in [9.17, 15) is 9.59 Å². The third-order valence-electron chi connectivity index (χ3n) is 8.68. The number of fused-ring (bicyclic) bond motifs is 3. The molecule has 4 atom stereocenters. The van der Waals surface area contributed by atoms with Crippen LogP contribution in [0.1, 0.15) is 45.4 Å². The van der Waals surface area contributed by atoms with Crippen LogP contribution in [-0.2, 0) is 9.59 Å². The van der Waals surface area contributed by atoms with E-state index >= 15 is 0 Å². The zero-order valence-electron chi connectivity index (χ0n) is 19.3. The molecule has 0 radical (unpaired) electrons. The Morgan fingerprint density at radius 3 is 2.42 bits per heavy atom. The van der Waals surface area contributed by atoms with Crippen molar-refractivity contribution in [3.63, 3.8) is 0 Å². The van der Waals surface area contributed by atoms with Gasteiger partial charge < -0.3 is 14.7 Å². The van der Waals surface area contributed by atoms with Crippen molar-refractivity contribution in [2.75, 3.05) is 59.4 Å². The zero-order valence-corrected chi connectivity index (χ0v) is 19.3. The molecule has 1 aliphatic carbocycles. The second-order valence-electron chi connectivity index (χ2n) is 10.3. The smallest absolute Gasteiger partial charge is 0.241 e. The number of hydrogen-bond acceptors (Lipinski definition) is 6. The first-order valence-electron chi connectivity index (χ1n) is 12.6. The fourth-order valence-corrected chi connectivity index (χ4v) is 6.86. The van der Waals surface area contributed by atoms with Crippen molar-refractivity contribution in [3.8, 4) is 0 Å². The molecule has 5 rings (SSSR count). The van der Waals surface area contributed by atoms with E-state index < -0.39 is 0 Å². The highest BCUT2D eigenvalue weighted by Crippen LogP contribution is 2.38. The quantitative estimate of drug-likeness (QED) is 0.688. The number of carbonyl (C=O) groups excluding carboxylic acids is 2. The fourth-order valence-electron chi connectivity index (χ4n) is 6.86. The van der Waals surface area contributed by atoms with Crippen molar-refractivity contribution in [2.45, 2.75) is 69.6 Å². The van der Waals surface area contributed by atoms with Gasteiger partial charge in [-0.1, -0.05) is 0 Å². The van der Waals surface area contributed by atoms with Crippen molar-refractivity contribution in [1.82, 2.24) is 30.0 Å². The van der Waals surface area contributed by atoms with Crippen LogP contribution in [0.15, 0.2) is 0 Å². The van der Waals surface area contributed by atoms with Crippen LogP contribution in [0.5, 0.6) is 0 Å². The molecular formula is C23H40N6O2. The lowest BCUT2D eigenvalue weighted by Gasteiger charge is -2.52. The van der Waals surface area contributed by atoms with E-state index in [2.05, 4.69) is 44.0 Å². The summed E-state index contributed by atoms with van der Waals surface area (Å²) in [7, 11) is 2.21. The summed E-state index contributed by atoms with van der Waals surface area (Å²) in [6.45, 7) is 9.85. The van der Waals surface area contributed by atoms with Crippen LogP contribution in [0, 0.1) is 5.92 Å². The minimum atomic E-state index is 0.00102. The maximum atomic E-state index is 13.4. The maximum absolute atomic E-state index is 13.4. The average Bonchev–Trinajstić information content (AvgIpc) is 3.30. The zero-order chi connectivity index (χ0) is 21.5. The first kappa shape index (κ1) is 21.6. The number of likely N-dealkylation sites (N-methyl/N-ethyl adjacent to an activating group) is 1. The number of hydrazine groups is 1. The maximum Gasteiger partial charge on any atom is 0.241 e.